The first-order chi connectivity index (χ1) is 7.74. The van der Waals surface area contributed by atoms with Gasteiger partial charge in [-0.05, 0) is 53.1 Å². The molecule has 0 heterocycles. The van der Waals surface area contributed by atoms with Gasteiger partial charge in [0.1, 0.15) is 0 Å². The Kier molecular flexibility index (Phi) is 4.17. The van der Waals surface area contributed by atoms with Gasteiger partial charge in [-0.3, -0.25) is 4.79 Å². The van der Waals surface area contributed by atoms with E-state index in [2.05, 4.69) is 57.5 Å². The fourth-order valence-corrected chi connectivity index (χ4v) is 1.79. The monoisotopic (exact) mass is 330 g/mol. The van der Waals surface area contributed by atoms with Gasteiger partial charge in [-0.1, -0.05) is 12.1 Å². The van der Waals surface area contributed by atoms with Crippen molar-refractivity contribution < 1.29 is 4.79 Å². The predicted molar refractivity (Wildman–Crippen MR) is 72.0 cm³/mol. The van der Waals surface area contributed by atoms with E-state index in [9.17, 15) is 4.79 Å². The van der Waals surface area contributed by atoms with Crippen LogP contribution in [-0.4, -0.2) is 18.5 Å². The van der Waals surface area contributed by atoms with Gasteiger partial charge >= 0.3 is 0 Å². The lowest BCUT2D eigenvalue weighted by atomic mass is 10.2. The maximum atomic E-state index is 11.4. The number of hydrogen-bond donors (Lipinski definition) is 2. The zero-order valence-electron chi connectivity index (χ0n) is 9.00. The predicted octanol–water partition coefficient (Wildman–Crippen LogP) is 1.66. The number of hydrogen-bond acceptors (Lipinski definition) is 2. The Morgan fingerprint density at radius 1 is 1.31 bits per heavy atom. The molecular weight excluding hydrogens is 315 g/mol. The SMILES string of the molecule is O=C(CNCc1ccc(I)cc1)NC1CC1. The summed E-state index contributed by atoms with van der Waals surface area (Å²) >= 11 is 2.28. The Morgan fingerprint density at radius 3 is 2.62 bits per heavy atom. The first kappa shape index (κ1) is 11.9. The number of amides is 1. The summed E-state index contributed by atoms with van der Waals surface area (Å²) in [5.74, 6) is 0.105. The minimum Gasteiger partial charge on any atom is -0.352 e. The van der Waals surface area contributed by atoms with Crippen LogP contribution < -0.4 is 10.6 Å². The number of carbonyl (C=O) groups excluding carboxylic acids is 1. The van der Waals surface area contributed by atoms with E-state index in [1.54, 1.807) is 0 Å². The molecule has 0 aliphatic heterocycles. The molecule has 0 spiro atoms. The van der Waals surface area contributed by atoms with Crippen LogP contribution in [0.15, 0.2) is 24.3 Å². The number of benzene rings is 1. The van der Waals surface area contributed by atoms with E-state index >= 15 is 0 Å². The Balaban J connectivity index is 1.66. The van der Waals surface area contributed by atoms with Crippen molar-refractivity contribution in [2.24, 2.45) is 0 Å². The van der Waals surface area contributed by atoms with E-state index in [1.165, 1.54) is 9.13 Å². The molecule has 1 aromatic rings. The Labute approximate surface area is 109 Å². The summed E-state index contributed by atoms with van der Waals surface area (Å²) in [7, 11) is 0. The summed E-state index contributed by atoms with van der Waals surface area (Å²) < 4.78 is 1.23. The van der Waals surface area contributed by atoms with Crippen LogP contribution in [-0.2, 0) is 11.3 Å². The van der Waals surface area contributed by atoms with Crippen molar-refractivity contribution in [2.75, 3.05) is 6.54 Å². The molecule has 0 atom stereocenters. The third-order valence-corrected chi connectivity index (χ3v) is 3.19. The van der Waals surface area contributed by atoms with E-state index in [0.29, 0.717) is 12.6 Å². The summed E-state index contributed by atoms with van der Waals surface area (Å²) in [5.41, 5.74) is 1.21. The molecule has 2 rings (SSSR count). The van der Waals surface area contributed by atoms with Crippen molar-refractivity contribution in [3.63, 3.8) is 0 Å². The fourth-order valence-electron chi connectivity index (χ4n) is 1.43. The van der Waals surface area contributed by atoms with E-state index in [4.69, 9.17) is 0 Å². The highest BCUT2D eigenvalue weighted by atomic mass is 127. The van der Waals surface area contributed by atoms with Gasteiger partial charge in [0.05, 0.1) is 6.54 Å². The molecule has 0 bridgehead atoms. The second-order valence-corrected chi connectivity index (χ2v) is 5.32. The first-order valence-corrected chi connectivity index (χ1v) is 6.56. The Morgan fingerprint density at radius 2 is 2.00 bits per heavy atom. The molecule has 1 amide bonds. The maximum Gasteiger partial charge on any atom is 0.234 e. The smallest absolute Gasteiger partial charge is 0.234 e. The largest absolute Gasteiger partial charge is 0.352 e. The van der Waals surface area contributed by atoms with Gasteiger partial charge in [-0.15, -0.1) is 0 Å². The number of rotatable bonds is 5. The van der Waals surface area contributed by atoms with Crippen LogP contribution in [0.4, 0.5) is 0 Å². The van der Waals surface area contributed by atoms with Gasteiger partial charge in [0, 0.05) is 16.2 Å². The van der Waals surface area contributed by atoms with Crippen molar-refractivity contribution in [1.82, 2.24) is 10.6 Å². The lowest BCUT2D eigenvalue weighted by molar-refractivity contribution is -0.120. The van der Waals surface area contributed by atoms with E-state index in [1.807, 2.05) is 0 Å². The van der Waals surface area contributed by atoms with E-state index in [-0.39, 0.29) is 5.91 Å². The van der Waals surface area contributed by atoms with Gasteiger partial charge < -0.3 is 10.6 Å². The topological polar surface area (TPSA) is 41.1 Å². The van der Waals surface area contributed by atoms with Crippen molar-refractivity contribution >= 4 is 28.5 Å². The van der Waals surface area contributed by atoms with Gasteiger partial charge in [0.15, 0.2) is 0 Å². The average molecular weight is 330 g/mol. The molecule has 3 nitrogen and oxygen atoms in total. The van der Waals surface area contributed by atoms with Crippen molar-refractivity contribution in [3.05, 3.63) is 33.4 Å². The van der Waals surface area contributed by atoms with Crippen LogP contribution in [0.5, 0.6) is 0 Å². The van der Waals surface area contributed by atoms with Gasteiger partial charge in [0.25, 0.3) is 0 Å². The molecule has 1 fully saturated rings. The van der Waals surface area contributed by atoms with Crippen LogP contribution in [0.2, 0.25) is 0 Å². The molecule has 0 unspecified atom stereocenters. The molecule has 0 radical (unpaired) electrons. The summed E-state index contributed by atoms with van der Waals surface area (Å²) in [6.45, 7) is 1.15. The zero-order chi connectivity index (χ0) is 11.4. The first-order valence-electron chi connectivity index (χ1n) is 5.48. The molecule has 86 valence electrons. The minimum absolute atomic E-state index is 0.105. The second kappa shape index (κ2) is 5.63. The molecule has 4 heteroatoms. The average Bonchev–Trinajstić information content (AvgIpc) is 3.05. The highest BCUT2D eigenvalue weighted by Gasteiger charge is 2.22. The molecule has 1 aliphatic rings. The number of carbonyl (C=O) groups is 1. The zero-order valence-corrected chi connectivity index (χ0v) is 11.2. The molecule has 1 aliphatic carbocycles. The van der Waals surface area contributed by atoms with Crippen LogP contribution in [0, 0.1) is 3.57 Å². The molecule has 0 saturated heterocycles. The van der Waals surface area contributed by atoms with Crippen molar-refractivity contribution in [2.45, 2.75) is 25.4 Å². The van der Waals surface area contributed by atoms with E-state index < -0.39 is 0 Å². The Hall–Kier alpha value is -0.620. The Bertz CT molecular complexity index is 360. The third-order valence-electron chi connectivity index (χ3n) is 2.47. The van der Waals surface area contributed by atoms with Crippen LogP contribution >= 0.6 is 22.6 Å². The summed E-state index contributed by atoms with van der Waals surface area (Å²) in [4.78, 5) is 11.4. The second-order valence-electron chi connectivity index (χ2n) is 4.07. The normalized spacial score (nSPS) is 14.8. The summed E-state index contributed by atoms with van der Waals surface area (Å²) in [6, 6.07) is 8.75. The molecule has 1 aromatic carbocycles. The molecule has 16 heavy (non-hydrogen) atoms. The van der Waals surface area contributed by atoms with E-state index in [0.717, 1.165) is 19.4 Å². The van der Waals surface area contributed by atoms with Crippen LogP contribution in [0.1, 0.15) is 18.4 Å². The third kappa shape index (κ3) is 4.09. The maximum absolute atomic E-state index is 11.4. The summed E-state index contributed by atoms with van der Waals surface area (Å²) in [6.07, 6.45) is 2.28. The molecular formula is C12H15IN2O. The van der Waals surface area contributed by atoms with Crippen LogP contribution in [0.3, 0.4) is 0 Å². The quantitative estimate of drug-likeness (QED) is 0.807. The molecule has 1 saturated carbocycles. The standard InChI is InChI=1S/C12H15IN2O/c13-10-3-1-9(2-4-10)7-14-8-12(16)15-11-5-6-11/h1-4,11,14H,5-8H2,(H,15,16). The van der Waals surface area contributed by atoms with Gasteiger partial charge in [-0.25, -0.2) is 0 Å². The lowest BCUT2D eigenvalue weighted by Gasteiger charge is -2.05. The highest BCUT2D eigenvalue weighted by molar-refractivity contribution is 14.1. The number of halogens is 1. The van der Waals surface area contributed by atoms with Gasteiger partial charge in [-0.2, -0.15) is 0 Å². The number of nitrogens with one attached hydrogen (secondary N) is 2. The lowest BCUT2D eigenvalue weighted by Crippen LogP contribution is -2.34. The fraction of sp³-hybridized carbons (Fsp3) is 0.417. The van der Waals surface area contributed by atoms with Gasteiger partial charge in [0.2, 0.25) is 5.91 Å². The van der Waals surface area contributed by atoms with Crippen molar-refractivity contribution in [1.29, 1.82) is 0 Å². The molecule has 0 aromatic heterocycles. The van der Waals surface area contributed by atoms with Crippen molar-refractivity contribution in [3.8, 4) is 0 Å². The highest BCUT2D eigenvalue weighted by Crippen LogP contribution is 2.18. The molecule has 2 N–H and O–H groups in total. The minimum atomic E-state index is 0.105. The van der Waals surface area contributed by atoms with Crippen LogP contribution in [0.25, 0.3) is 0 Å². The summed E-state index contributed by atoms with van der Waals surface area (Å²) in [5, 5.41) is 6.09.